The Kier molecular flexibility index (Phi) is 4.86. The summed E-state index contributed by atoms with van der Waals surface area (Å²) in [5.74, 6) is 1.28. The summed E-state index contributed by atoms with van der Waals surface area (Å²) in [4.78, 5) is 0. The minimum absolute atomic E-state index is 0.258. The van der Waals surface area contributed by atoms with Crippen LogP contribution in [0.2, 0.25) is 0 Å². The van der Waals surface area contributed by atoms with E-state index in [9.17, 15) is 8.42 Å². The van der Waals surface area contributed by atoms with Crippen molar-refractivity contribution in [2.75, 3.05) is 18.1 Å². The van der Waals surface area contributed by atoms with Crippen molar-refractivity contribution in [2.45, 2.75) is 32.7 Å². The predicted octanol–water partition coefficient (Wildman–Crippen LogP) is 1.01. The van der Waals surface area contributed by atoms with Gasteiger partial charge in [-0.3, -0.25) is 4.68 Å². The van der Waals surface area contributed by atoms with E-state index in [4.69, 9.17) is 0 Å². The first-order valence-electron chi connectivity index (χ1n) is 7.28. The zero-order chi connectivity index (χ0) is 14.8. The van der Waals surface area contributed by atoms with E-state index in [0.29, 0.717) is 23.5 Å². The molecule has 6 heteroatoms. The summed E-state index contributed by atoms with van der Waals surface area (Å²) in [5.41, 5.74) is 1.05. The van der Waals surface area contributed by atoms with Crippen molar-refractivity contribution in [1.82, 2.24) is 15.1 Å². The Morgan fingerprint density at radius 1 is 1.50 bits per heavy atom. The fraction of sp³-hybridized carbons (Fsp3) is 0.786. The van der Waals surface area contributed by atoms with Crippen molar-refractivity contribution >= 4 is 9.84 Å². The molecule has 1 aromatic rings. The molecular formula is C14H25N3O2S. The van der Waals surface area contributed by atoms with E-state index in [0.717, 1.165) is 25.1 Å². The van der Waals surface area contributed by atoms with Gasteiger partial charge in [0.2, 0.25) is 0 Å². The molecule has 0 saturated carbocycles. The maximum atomic E-state index is 11.7. The number of rotatable bonds is 6. The molecule has 2 atom stereocenters. The zero-order valence-electron chi connectivity index (χ0n) is 12.5. The lowest BCUT2D eigenvalue weighted by Gasteiger charge is -2.23. The largest absolute Gasteiger partial charge is 0.314 e. The summed E-state index contributed by atoms with van der Waals surface area (Å²) in [7, 11) is -0.912. The smallest absolute Gasteiger partial charge is 0.150 e. The van der Waals surface area contributed by atoms with Crippen LogP contribution in [0.25, 0.3) is 0 Å². The van der Waals surface area contributed by atoms with Crippen LogP contribution in [0, 0.1) is 11.8 Å². The van der Waals surface area contributed by atoms with Crippen LogP contribution >= 0.6 is 0 Å². The average Bonchev–Trinajstić information content (AvgIpc) is 2.90. The monoisotopic (exact) mass is 299 g/mol. The molecule has 20 heavy (non-hydrogen) atoms. The SMILES string of the molecule is CC(C)NCC(Cc1ccn(C)n1)C1CCS(=O)(=O)C1. The van der Waals surface area contributed by atoms with Gasteiger partial charge in [-0.05, 0) is 37.3 Å². The van der Waals surface area contributed by atoms with Crippen LogP contribution in [0.1, 0.15) is 26.0 Å². The van der Waals surface area contributed by atoms with E-state index >= 15 is 0 Å². The molecule has 1 aliphatic rings. The molecule has 0 aliphatic carbocycles. The van der Waals surface area contributed by atoms with E-state index in [1.165, 1.54) is 0 Å². The lowest BCUT2D eigenvalue weighted by atomic mass is 9.87. The summed E-state index contributed by atoms with van der Waals surface area (Å²) in [6.45, 7) is 5.08. The molecule has 1 fully saturated rings. The third-order valence-electron chi connectivity index (χ3n) is 3.96. The molecule has 1 N–H and O–H groups in total. The lowest BCUT2D eigenvalue weighted by molar-refractivity contribution is 0.330. The minimum Gasteiger partial charge on any atom is -0.314 e. The molecule has 0 radical (unpaired) electrons. The third-order valence-corrected chi connectivity index (χ3v) is 5.76. The first-order valence-corrected chi connectivity index (χ1v) is 9.10. The molecule has 0 spiro atoms. The molecule has 1 saturated heterocycles. The fourth-order valence-corrected chi connectivity index (χ4v) is 4.75. The lowest BCUT2D eigenvalue weighted by Crippen LogP contribution is -2.34. The zero-order valence-corrected chi connectivity index (χ0v) is 13.4. The van der Waals surface area contributed by atoms with Gasteiger partial charge in [0.05, 0.1) is 17.2 Å². The van der Waals surface area contributed by atoms with Gasteiger partial charge in [-0.25, -0.2) is 8.42 Å². The summed E-state index contributed by atoms with van der Waals surface area (Å²) in [5, 5.41) is 7.87. The molecule has 0 aromatic carbocycles. The Bertz CT molecular complexity index is 536. The number of nitrogens with zero attached hydrogens (tertiary/aromatic N) is 2. The van der Waals surface area contributed by atoms with Crippen molar-refractivity contribution < 1.29 is 8.42 Å². The maximum Gasteiger partial charge on any atom is 0.150 e. The Morgan fingerprint density at radius 3 is 2.75 bits per heavy atom. The second kappa shape index (κ2) is 6.26. The Labute approximate surface area is 121 Å². The van der Waals surface area contributed by atoms with Crippen LogP contribution in [0.15, 0.2) is 12.3 Å². The highest BCUT2D eigenvalue weighted by Gasteiger charge is 2.33. The second-order valence-corrected chi connectivity index (χ2v) is 8.40. The van der Waals surface area contributed by atoms with Crippen LogP contribution in [0.3, 0.4) is 0 Å². The summed E-state index contributed by atoms with van der Waals surface area (Å²) in [6, 6.07) is 2.44. The van der Waals surface area contributed by atoms with Crippen molar-refractivity contribution in [2.24, 2.45) is 18.9 Å². The summed E-state index contributed by atoms with van der Waals surface area (Å²) in [6.07, 6.45) is 3.58. The Hall–Kier alpha value is -0.880. The molecule has 0 amide bonds. The van der Waals surface area contributed by atoms with Gasteiger partial charge in [0, 0.05) is 19.3 Å². The highest BCUT2D eigenvalue weighted by Crippen LogP contribution is 2.28. The van der Waals surface area contributed by atoms with E-state index in [2.05, 4.69) is 24.3 Å². The number of hydrogen-bond donors (Lipinski definition) is 1. The van der Waals surface area contributed by atoms with Crippen molar-refractivity contribution in [3.05, 3.63) is 18.0 Å². The second-order valence-electron chi connectivity index (χ2n) is 6.17. The van der Waals surface area contributed by atoms with Crippen molar-refractivity contribution in [3.63, 3.8) is 0 Å². The standard InChI is InChI=1S/C14H25N3O2S/c1-11(2)15-9-13(8-14-4-6-17(3)16-14)12-5-7-20(18,19)10-12/h4,6,11-13,15H,5,7-10H2,1-3H3. The summed E-state index contributed by atoms with van der Waals surface area (Å²) >= 11 is 0. The maximum absolute atomic E-state index is 11.7. The molecule has 114 valence electrons. The number of sulfone groups is 1. The Morgan fingerprint density at radius 2 is 2.25 bits per heavy atom. The quantitative estimate of drug-likeness (QED) is 0.851. The van der Waals surface area contributed by atoms with E-state index in [1.807, 2.05) is 19.3 Å². The van der Waals surface area contributed by atoms with E-state index in [1.54, 1.807) is 4.68 Å². The molecule has 2 unspecified atom stereocenters. The molecule has 1 aromatic heterocycles. The van der Waals surface area contributed by atoms with Gasteiger partial charge in [0.25, 0.3) is 0 Å². The van der Waals surface area contributed by atoms with Crippen molar-refractivity contribution in [1.29, 1.82) is 0 Å². The van der Waals surface area contributed by atoms with Gasteiger partial charge < -0.3 is 5.32 Å². The van der Waals surface area contributed by atoms with Crippen molar-refractivity contribution in [3.8, 4) is 0 Å². The normalized spacial score (nSPS) is 23.3. The van der Waals surface area contributed by atoms with Gasteiger partial charge in [-0.2, -0.15) is 5.10 Å². The van der Waals surface area contributed by atoms with Gasteiger partial charge in [-0.1, -0.05) is 13.8 Å². The summed E-state index contributed by atoms with van der Waals surface area (Å²) < 4.78 is 25.2. The molecule has 1 aliphatic heterocycles. The van der Waals surface area contributed by atoms with Crippen LogP contribution in [-0.2, 0) is 23.3 Å². The molecule has 2 rings (SSSR count). The number of nitrogens with one attached hydrogen (secondary N) is 1. The third kappa shape index (κ3) is 4.31. The van der Waals surface area contributed by atoms with Crippen LogP contribution in [0.5, 0.6) is 0 Å². The number of aromatic nitrogens is 2. The predicted molar refractivity (Wildman–Crippen MR) is 80.3 cm³/mol. The number of hydrogen-bond acceptors (Lipinski definition) is 4. The van der Waals surface area contributed by atoms with Crippen LogP contribution in [-0.4, -0.2) is 42.3 Å². The van der Waals surface area contributed by atoms with Gasteiger partial charge in [-0.15, -0.1) is 0 Å². The highest BCUT2D eigenvalue weighted by atomic mass is 32.2. The Balaban J connectivity index is 2.04. The van der Waals surface area contributed by atoms with E-state index < -0.39 is 9.84 Å². The van der Waals surface area contributed by atoms with Crippen LogP contribution < -0.4 is 5.32 Å². The first kappa shape index (κ1) is 15.5. The number of aryl methyl sites for hydroxylation is 1. The molecular weight excluding hydrogens is 274 g/mol. The minimum atomic E-state index is -2.82. The molecule has 5 nitrogen and oxygen atoms in total. The fourth-order valence-electron chi connectivity index (χ4n) is 2.83. The average molecular weight is 299 g/mol. The van der Waals surface area contributed by atoms with Gasteiger partial charge in [0.1, 0.15) is 0 Å². The molecule has 2 heterocycles. The first-order chi connectivity index (χ1) is 9.35. The van der Waals surface area contributed by atoms with Gasteiger partial charge in [0.15, 0.2) is 9.84 Å². The topological polar surface area (TPSA) is 64.0 Å². The highest BCUT2D eigenvalue weighted by molar-refractivity contribution is 7.91. The van der Waals surface area contributed by atoms with Gasteiger partial charge >= 0.3 is 0 Å². The van der Waals surface area contributed by atoms with Crippen LogP contribution in [0.4, 0.5) is 0 Å². The van der Waals surface area contributed by atoms with E-state index in [-0.39, 0.29) is 5.92 Å². The molecule has 0 bridgehead atoms.